The number of nitrogens with one attached hydrogen (secondary N) is 1. The molecule has 0 spiro atoms. The number of rotatable bonds is 5. The fourth-order valence-electron chi connectivity index (χ4n) is 1.67. The van der Waals surface area contributed by atoms with Crippen LogP contribution in [0.25, 0.3) is 5.69 Å². The van der Waals surface area contributed by atoms with Crippen molar-refractivity contribution in [2.24, 2.45) is 0 Å². The lowest BCUT2D eigenvalue weighted by molar-refractivity contribution is -0.117. The first-order valence-corrected chi connectivity index (χ1v) is 7.47. The number of imidazole rings is 1. The summed E-state index contributed by atoms with van der Waals surface area (Å²) < 4.78 is 19.5. The molecule has 0 aliphatic heterocycles. The number of carbonyl (C=O) groups is 2. The lowest BCUT2D eigenvalue weighted by Crippen LogP contribution is -2.32. The molecular formula is C14H14FN3O3S. The lowest BCUT2D eigenvalue weighted by Gasteiger charge is -2.07. The molecule has 1 heterocycles. The second kappa shape index (κ2) is 7.60. The minimum atomic E-state index is -0.776. The van der Waals surface area contributed by atoms with Gasteiger partial charge in [0.05, 0.1) is 18.0 Å². The molecule has 8 heteroatoms. The van der Waals surface area contributed by atoms with E-state index in [0.717, 1.165) is 11.8 Å². The van der Waals surface area contributed by atoms with Crippen LogP contribution in [0, 0.1) is 5.82 Å². The Kier molecular flexibility index (Phi) is 5.54. The van der Waals surface area contributed by atoms with Crippen LogP contribution in [0.3, 0.4) is 0 Å². The number of thioether (sulfide) groups is 1. The molecule has 1 N–H and O–H groups in total. The molecule has 0 atom stereocenters. The lowest BCUT2D eigenvalue weighted by atomic mass is 10.3. The standard InChI is InChI=1S/C14H14FN3O3S/c1-2-21-14(20)17-12(19)9-22-13-16-6-7-18(13)11-5-3-4-10(15)8-11/h3-8H,2,9H2,1H3,(H,17,19,20). The molecule has 0 aliphatic carbocycles. The average molecular weight is 323 g/mol. The van der Waals surface area contributed by atoms with Gasteiger partial charge in [0, 0.05) is 12.4 Å². The fraction of sp³-hybridized carbons (Fsp3) is 0.214. The van der Waals surface area contributed by atoms with E-state index in [1.54, 1.807) is 36.0 Å². The maximum Gasteiger partial charge on any atom is 0.413 e. The first kappa shape index (κ1) is 16.0. The van der Waals surface area contributed by atoms with Crippen LogP contribution in [-0.2, 0) is 9.53 Å². The number of hydrogen-bond acceptors (Lipinski definition) is 5. The molecule has 0 radical (unpaired) electrons. The topological polar surface area (TPSA) is 73.2 Å². The molecule has 0 bridgehead atoms. The zero-order chi connectivity index (χ0) is 15.9. The Morgan fingerprint density at radius 1 is 1.45 bits per heavy atom. The normalized spacial score (nSPS) is 10.3. The Labute approximate surface area is 130 Å². The smallest absolute Gasteiger partial charge is 0.413 e. The maximum atomic E-state index is 13.3. The number of amides is 2. The van der Waals surface area contributed by atoms with Crippen molar-refractivity contribution in [3.05, 3.63) is 42.5 Å². The Balaban J connectivity index is 1.99. The molecule has 1 aromatic heterocycles. The summed E-state index contributed by atoms with van der Waals surface area (Å²) in [5.74, 6) is -0.857. The number of benzene rings is 1. The molecule has 0 unspecified atom stereocenters. The van der Waals surface area contributed by atoms with Crippen molar-refractivity contribution >= 4 is 23.8 Å². The zero-order valence-corrected chi connectivity index (χ0v) is 12.6. The molecule has 0 fully saturated rings. The van der Waals surface area contributed by atoms with Gasteiger partial charge in [0.15, 0.2) is 5.16 Å². The third-order valence-electron chi connectivity index (χ3n) is 2.54. The van der Waals surface area contributed by atoms with E-state index in [9.17, 15) is 14.0 Å². The van der Waals surface area contributed by atoms with Gasteiger partial charge in [-0.05, 0) is 25.1 Å². The Morgan fingerprint density at radius 3 is 3.00 bits per heavy atom. The van der Waals surface area contributed by atoms with Gasteiger partial charge in [-0.25, -0.2) is 14.2 Å². The van der Waals surface area contributed by atoms with Gasteiger partial charge in [-0.15, -0.1) is 0 Å². The minimum absolute atomic E-state index is 0.00879. The summed E-state index contributed by atoms with van der Waals surface area (Å²) in [6.45, 7) is 1.84. The number of hydrogen-bond donors (Lipinski definition) is 1. The van der Waals surface area contributed by atoms with Crippen molar-refractivity contribution < 1.29 is 18.7 Å². The number of alkyl carbamates (subject to hydrolysis) is 1. The van der Waals surface area contributed by atoms with E-state index in [4.69, 9.17) is 0 Å². The largest absolute Gasteiger partial charge is 0.450 e. The molecule has 22 heavy (non-hydrogen) atoms. The Hall–Kier alpha value is -2.35. The molecular weight excluding hydrogens is 309 g/mol. The predicted octanol–water partition coefficient (Wildman–Crippen LogP) is 2.38. The van der Waals surface area contributed by atoms with E-state index in [1.165, 1.54) is 12.1 Å². The van der Waals surface area contributed by atoms with Gasteiger partial charge >= 0.3 is 6.09 Å². The second-order valence-electron chi connectivity index (χ2n) is 4.12. The summed E-state index contributed by atoms with van der Waals surface area (Å²) in [6.07, 6.45) is 2.44. The van der Waals surface area contributed by atoms with E-state index in [-0.39, 0.29) is 18.2 Å². The molecule has 2 aromatic rings. The van der Waals surface area contributed by atoms with Crippen LogP contribution in [0.5, 0.6) is 0 Å². The van der Waals surface area contributed by atoms with E-state index >= 15 is 0 Å². The zero-order valence-electron chi connectivity index (χ0n) is 11.8. The van der Waals surface area contributed by atoms with E-state index in [0.29, 0.717) is 10.8 Å². The van der Waals surface area contributed by atoms with Crippen molar-refractivity contribution in [2.75, 3.05) is 12.4 Å². The highest BCUT2D eigenvalue weighted by atomic mass is 32.2. The highest BCUT2D eigenvalue weighted by molar-refractivity contribution is 7.99. The molecule has 0 saturated heterocycles. The monoisotopic (exact) mass is 323 g/mol. The maximum absolute atomic E-state index is 13.3. The first-order valence-electron chi connectivity index (χ1n) is 6.49. The van der Waals surface area contributed by atoms with Crippen LogP contribution >= 0.6 is 11.8 Å². The molecule has 2 rings (SSSR count). The third kappa shape index (κ3) is 4.32. The molecule has 2 amide bonds. The number of imide groups is 1. The molecule has 0 saturated carbocycles. The van der Waals surface area contributed by atoms with E-state index in [2.05, 4.69) is 15.0 Å². The van der Waals surface area contributed by atoms with Crippen molar-refractivity contribution in [2.45, 2.75) is 12.1 Å². The average Bonchev–Trinajstić information content (AvgIpc) is 2.93. The number of carbonyl (C=O) groups excluding carboxylic acids is 2. The summed E-state index contributed by atoms with van der Waals surface area (Å²) in [5, 5.41) is 2.61. The van der Waals surface area contributed by atoms with E-state index in [1.807, 2.05) is 0 Å². The van der Waals surface area contributed by atoms with Crippen LogP contribution in [0.1, 0.15) is 6.92 Å². The van der Waals surface area contributed by atoms with Crippen LogP contribution in [0.2, 0.25) is 0 Å². The van der Waals surface area contributed by atoms with Gasteiger partial charge in [0.2, 0.25) is 5.91 Å². The van der Waals surface area contributed by atoms with Crippen LogP contribution in [0.4, 0.5) is 9.18 Å². The van der Waals surface area contributed by atoms with Crippen LogP contribution in [0.15, 0.2) is 41.8 Å². The van der Waals surface area contributed by atoms with Crippen molar-refractivity contribution in [3.63, 3.8) is 0 Å². The minimum Gasteiger partial charge on any atom is -0.450 e. The van der Waals surface area contributed by atoms with Crippen LogP contribution in [-0.4, -0.2) is 33.9 Å². The Bertz CT molecular complexity index is 675. The summed E-state index contributed by atoms with van der Waals surface area (Å²) in [5.41, 5.74) is 0.603. The van der Waals surface area contributed by atoms with Crippen LogP contribution < -0.4 is 5.32 Å². The molecule has 1 aromatic carbocycles. The summed E-state index contributed by atoms with van der Waals surface area (Å²) in [7, 11) is 0. The summed E-state index contributed by atoms with van der Waals surface area (Å²) >= 11 is 1.13. The van der Waals surface area contributed by atoms with Gasteiger partial charge in [0.1, 0.15) is 5.82 Å². The van der Waals surface area contributed by atoms with Gasteiger partial charge in [-0.1, -0.05) is 17.8 Å². The number of aromatic nitrogens is 2. The van der Waals surface area contributed by atoms with Gasteiger partial charge < -0.3 is 4.74 Å². The second-order valence-corrected chi connectivity index (χ2v) is 5.06. The highest BCUT2D eigenvalue weighted by Gasteiger charge is 2.12. The highest BCUT2D eigenvalue weighted by Crippen LogP contribution is 2.20. The van der Waals surface area contributed by atoms with Crippen molar-refractivity contribution in [3.8, 4) is 5.69 Å². The SMILES string of the molecule is CCOC(=O)NC(=O)CSc1nccn1-c1cccc(F)c1. The van der Waals surface area contributed by atoms with Crippen molar-refractivity contribution in [1.29, 1.82) is 0 Å². The van der Waals surface area contributed by atoms with Gasteiger partial charge in [-0.2, -0.15) is 0 Å². The third-order valence-corrected chi connectivity index (χ3v) is 3.51. The number of nitrogens with zero attached hydrogens (tertiary/aromatic N) is 2. The Morgan fingerprint density at radius 2 is 2.27 bits per heavy atom. The molecule has 6 nitrogen and oxygen atoms in total. The predicted molar refractivity (Wildman–Crippen MR) is 79.4 cm³/mol. The van der Waals surface area contributed by atoms with Gasteiger partial charge in [0.25, 0.3) is 0 Å². The molecule has 116 valence electrons. The number of ether oxygens (including phenoxy) is 1. The number of halogens is 1. The first-order chi connectivity index (χ1) is 10.6. The van der Waals surface area contributed by atoms with Crippen molar-refractivity contribution in [1.82, 2.24) is 14.9 Å². The summed E-state index contributed by atoms with van der Waals surface area (Å²) in [6, 6.07) is 6.03. The molecule has 0 aliphatic rings. The van der Waals surface area contributed by atoms with E-state index < -0.39 is 12.0 Å². The summed E-state index contributed by atoms with van der Waals surface area (Å²) in [4.78, 5) is 26.8. The fourth-order valence-corrected chi connectivity index (χ4v) is 2.44. The quantitative estimate of drug-likeness (QED) is 0.855. The van der Waals surface area contributed by atoms with Gasteiger partial charge in [-0.3, -0.25) is 14.7 Å².